The minimum Gasteiger partial charge on any atom is -0.353 e. The summed E-state index contributed by atoms with van der Waals surface area (Å²) in [7, 11) is 0. The predicted octanol–water partition coefficient (Wildman–Crippen LogP) is 1.70. The average molecular weight is 307 g/mol. The lowest BCUT2D eigenvalue weighted by Gasteiger charge is -2.22. The zero-order valence-electron chi connectivity index (χ0n) is 12.7. The number of nitriles is 1. The number of carbonyl (C=O) groups is 1. The minimum absolute atomic E-state index is 0.0679. The number of anilines is 1. The molecule has 0 atom stereocenters. The van der Waals surface area contributed by atoms with E-state index in [1.165, 1.54) is 0 Å². The van der Waals surface area contributed by atoms with E-state index in [4.69, 9.17) is 5.26 Å². The fraction of sp³-hybridized carbons (Fsp3) is 0.294. The molecule has 1 fully saturated rings. The largest absolute Gasteiger partial charge is 0.353 e. The van der Waals surface area contributed by atoms with Gasteiger partial charge in [0.25, 0.3) is 5.91 Å². The van der Waals surface area contributed by atoms with Gasteiger partial charge in [-0.25, -0.2) is 0 Å². The normalized spacial score (nSPS) is 14.9. The summed E-state index contributed by atoms with van der Waals surface area (Å²) in [6.07, 6.45) is 0.875. The number of benzene rings is 1. The van der Waals surface area contributed by atoms with Gasteiger partial charge < -0.3 is 9.80 Å². The predicted molar refractivity (Wildman–Crippen MR) is 85.9 cm³/mol. The highest BCUT2D eigenvalue weighted by Gasteiger charge is 2.20. The van der Waals surface area contributed by atoms with Gasteiger partial charge in [0.15, 0.2) is 11.5 Å². The van der Waals surface area contributed by atoms with E-state index >= 15 is 0 Å². The highest BCUT2D eigenvalue weighted by atomic mass is 16.2. The van der Waals surface area contributed by atoms with E-state index in [-0.39, 0.29) is 5.91 Å². The number of hydrogen-bond acceptors (Lipinski definition) is 5. The molecule has 1 saturated heterocycles. The van der Waals surface area contributed by atoms with Crippen molar-refractivity contribution >= 4 is 11.7 Å². The summed E-state index contributed by atoms with van der Waals surface area (Å²) in [5.41, 5.74) is 1.03. The quantitative estimate of drug-likeness (QED) is 0.844. The first-order valence-corrected chi connectivity index (χ1v) is 7.61. The average Bonchev–Trinajstić information content (AvgIpc) is 2.88. The summed E-state index contributed by atoms with van der Waals surface area (Å²) in [6, 6.07) is 14.8. The van der Waals surface area contributed by atoms with Gasteiger partial charge in [0.05, 0.1) is 0 Å². The molecule has 0 N–H and O–H groups in total. The Morgan fingerprint density at radius 1 is 1.00 bits per heavy atom. The molecule has 3 rings (SSSR count). The van der Waals surface area contributed by atoms with E-state index < -0.39 is 0 Å². The van der Waals surface area contributed by atoms with Crippen molar-refractivity contribution in [3.63, 3.8) is 0 Å². The molecule has 6 nitrogen and oxygen atoms in total. The number of amides is 1. The van der Waals surface area contributed by atoms with Gasteiger partial charge in [0.1, 0.15) is 6.07 Å². The Kier molecular flexibility index (Phi) is 4.48. The van der Waals surface area contributed by atoms with Crippen molar-refractivity contribution < 1.29 is 4.79 Å². The Hall–Kier alpha value is -2.94. The summed E-state index contributed by atoms with van der Waals surface area (Å²) in [5, 5.41) is 16.7. The van der Waals surface area contributed by atoms with E-state index in [1.807, 2.05) is 41.3 Å². The lowest BCUT2D eigenvalue weighted by atomic mass is 10.2. The van der Waals surface area contributed by atoms with Crippen LogP contribution in [0.5, 0.6) is 0 Å². The van der Waals surface area contributed by atoms with Crippen LogP contribution in [0.3, 0.4) is 0 Å². The fourth-order valence-electron chi connectivity index (χ4n) is 2.67. The molecule has 0 saturated carbocycles. The maximum absolute atomic E-state index is 12.5. The molecule has 1 aromatic heterocycles. The van der Waals surface area contributed by atoms with Gasteiger partial charge in [0, 0.05) is 31.7 Å². The summed E-state index contributed by atoms with van der Waals surface area (Å²) >= 11 is 0. The van der Waals surface area contributed by atoms with Gasteiger partial charge in [0.2, 0.25) is 0 Å². The maximum Gasteiger partial charge on any atom is 0.253 e. The van der Waals surface area contributed by atoms with Crippen LogP contribution in [0, 0.1) is 11.3 Å². The SMILES string of the molecule is N#Cc1ccc(N2CCCN(C(=O)c3ccccc3)CC2)nn1. The molecule has 116 valence electrons. The van der Waals surface area contributed by atoms with Crippen molar-refractivity contribution in [2.24, 2.45) is 0 Å². The molecule has 0 radical (unpaired) electrons. The molecule has 0 aliphatic carbocycles. The Balaban J connectivity index is 1.67. The third-order valence-corrected chi connectivity index (χ3v) is 3.89. The van der Waals surface area contributed by atoms with Gasteiger partial charge in [-0.1, -0.05) is 18.2 Å². The van der Waals surface area contributed by atoms with Crippen molar-refractivity contribution in [3.8, 4) is 6.07 Å². The summed E-state index contributed by atoms with van der Waals surface area (Å²) in [5.74, 6) is 0.816. The van der Waals surface area contributed by atoms with Crippen molar-refractivity contribution in [1.29, 1.82) is 5.26 Å². The van der Waals surface area contributed by atoms with Crippen LogP contribution in [0.15, 0.2) is 42.5 Å². The molecule has 23 heavy (non-hydrogen) atoms. The Morgan fingerprint density at radius 3 is 2.52 bits per heavy atom. The van der Waals surface area contributed by atoms with Crippen molar-refractivity contribution in [3.05, 3.63) is 53.7 Å². The smallest absolute Gasteiger partial charge is 0.253 e. The molecule has 1 aliphatic heterocycles. The van der Waals surface area contributed by atoms with E-state index in [0.717, 1.165) is 30.9 Å². The molecular weight excluding hydrogens is 290 g/mol. The zero-order chi connectivity index (χ0) is 16.1. The molecule has 1 aliphatic rings. The molecule has 0 unspecified atom stereocenters. The zero-order valence-corrected chi connectivity index (χ0v) is 12.7. The Labute approximate surface area is 135 Å². The third-order valence-electron chi connectivity index (χ3n) is 3.89. The van der Waals surface area contributed by atoms with Crippen LogP contribution in [-0.4, -0.2) is 47.2 Å². The first-order chi connectivity index (χ1) is 11.3. The molecular formula is C17H17N5O. The van der Waals surface area contributed by atoms with Crippen LogP contribution in [0.25, 0.3) is 0 Å². The van der Waals surface area contributed by atoms with Crippen molar-refractivity contribution in [1.82, 2.24) is 15.1 Å². The van der Waals surface area contributed by atoms with Gasteiger partial charge >= 0.3 is 0 Å². The van der Waals surface area contributed by atoms with Gasteiger partial charge in [-0.05, 0) is 30.7 Å². The van der Waals surface area contributed by atoms with Crippen LogP contribution >= 0.6 is 0 Å². The maximum atomic E-state index is 12.5. The first kappa shape index (κ1) is 15.0. The monoisotopic (exact) mass is 307 g/mol. The number of rotatable bonds is 2. The number of hydrogen-bond donors (Lipinski definition) is 0. The second-order valence-corrected chi connectivity index (χ2v) is 5.39. The summed E-state index contributed by atoms with van der Waals surface area (Å²) < 4.78 is 0. The number of nitrogens with zero attached hydrogens (tertiary/aromatic N) is 5. The van der Waals surface area contributed by atoms with Crippen molar-refractivity contribution in [2.75, 3.05) is 31.1 Å². The van der Waals surface area contributed by atoms with E-state index in [2.05, 4.69) is 15.1 Å². The van der Waals surface area contributed by atoms with Crippen LogP contribution in [0.1, 0.15) is 22.5 Å². The summed E-state index contributed by atoms with van der Waals surface area (Å²) in [4.78, 5) is 16.5. The van der Waals surface area contributed by atoms with Gasteiger partial charge in [-0.15, -0.1) is 10.2 Å². The second kappa shape index (κ2) is 6.88. The van der Waals surface area contributed by atoms with Crippen LogP contribution in [-0.2, 0) is 0 Å². The first-order valence-electron chi connectivity index (χ1n) is 7.61. The van der Waals surface area contributed by atoms with E-state index in [1.54, 1.807) is 12.1 Å². The number of aromatic nitrogens is 2. The summed E-state index contributed by atoms with van der Waals surface area (Å²) in [6.45, 7) is 2.90. The lowest BCUT2D eigenvalue weighted by Crippen LogP contribution is -2.35. The van der Waals surface area contributed by atoms with Crippen LogP contribution in [0.2, 0.25) is 0 Å². The van der Waals surface area contributed by atoms with Crippen LogP contribution in [0.4, 0.5) is 5.82 Å². The topological polar surface area (TPSA) is 73.1 Å². The highest BCUT2D eigenvalue weighted by molar-refractivity contribution is 5.94. The number of carbonyl (C=O) groups excluding carboxylic acids is 1. The van der Waals surface area contributed by atoms with E-state index in [9.17, 15) is 4.79 Å². The third kappa shape index (κ3) is 3.46. The Bertz CT molecular complexity index is 708. The van der Waals surface area contributed by atoms with Gasteiger partial charge in [-0.3, -0.25) is 4.79 Å². The molecule has 6 heteroatoms. The lowest BCUT2D eigenvalue weighted by molar-refractivity contribution is 0.0767. The van der Waals surface area contributed by atoms with Crippen LogP contribution < -0.4 is 4.90 Å². The second-order valence-electron chi connectivity index (χ2n) is 5.39. The standard InChI is InChI=1S/C17H17N5O/c18-13-15-7-8-16(20-19-15)21-9-4-10-22(12-11-21)17(23)14-5-2-1-3-6-14/h1-3,5-8H,4,9-12H2. The molecule has 0 spiro atoms. The fourth-order valence-corrected chi connectivity index (χ4v) is 2.67. The van der Waals surface area contributed by atoms with Crippen molar-refractivity contribution in [2.45, 2.75) is 6.42 Å². The molecule has 2 heterocycles. The van der Waals surface area contributed by atoms with E-state index in [0.29, 0.717) is 18.8 Å². The molecule has 1 aromatic carbocycles. The highest BCUT2D eigenvalue weighted by Crippen LogP contribution is 2.14. The molecule has 2 aromatic rings. The minimum atomic E-state index is 0.0679. The molecule has 0 bridgehead atoms. The Morgan fingerprint density at radius 2 is 1.83 bits per heavy atom. The van der Waals surface area contributed by atoms with Gasteiger partial charge in [-0.2, -0.15) is 5.26 Å². The molecule has 1 amide bonds.